The Balaban J connectivity index is 1.51. The number of hydrogen-bond donors (Lipinski definition) is 1. The van der Waals surface area contributed by atoms with Gasteiger partial charge >= 0.3 is 0 Å². The fourth-order valence-electron chi connectivity index (χ4n) is 3.83. The predicted octanol–water partition coefficient (Wildman–Crippen LogP) is 3.18. The minimum Gasteiger partial charge on any atom is -0.332 e. The lowest BCUT2D eigenvalue weighted by molar-refractivity contribution is 0.0733. The van der Waals surface area contributed by atoms with Gasteiger partial charge in [0.25, 0.3) is 11.5 Å². The smallest absolute Gasteiger partial charge is 0.254 e. The lowest BCUT2D eigenvalue weighted by Crippen LogP contribution is -2.39. The molecular formula is C23H18N4O2. The number of H-pyrrole nitrogens is 1. The number of nitrogens with zero attached hydrogens (tertiary/aromatic N) is 3. The summed E-state index contributed by atoms with van der Waals surface area (Å²) >= 11 is 0. The van der Waals surface area contributed by atoms with Crippen molar-refractivity contribution in [1.82, 2.24) is 19.9 Å². The molecule has 0 spiro atoms. The van der Waals surface area contributed by atoms with Crippen LogP contribution in [0.3, 0.4) is 0 Å². The van der Waals surface area contributed by atoms with Gasteiger partial charge in [-0.1, -0.05) is 42.5 Å². The van der Waals surface area contributed by atoms with Crippen LogP contribution in [0.15, 0.2) is 71.8 Å². The number of nitrogens with one attached hydrogen (secondary N) is 1. The zero-order chi connectivity index (χ0) is 19.8. The summed E-state index contributed by atoms with van der Waals surface area (Å²) in [5.41, 5.74) is 2.68. The maximum atomic E-state index is 13.3. The number of amides is 1. The number of aromatic amines is 1. The van der Waals surface area contributed by atoms with Crippen molar-refractivity contribution in [3.8, 4) is 11.4 Å². The van der Waals surface area contributed by atoms with Crippen LogP contribution < -0.4 is 5.56 Å². The molecule has 4 aromatic rings. The lowest BCUT2D eigenvalue weighted by atomic mass is 10.0. The van der Waals surface area contributed by atoms with E-state index in [2.05, 4.69) is 15.0 Å². The number of carbonyl (C=O) groups is 1. The highest BCUT2D eigenvalue weighted by molar-refractivity contribution is 6.06. The van der Waals surface area contributed by atoms with Crippen molar-refractivity contribution in [3.63, 3.8) is 0 Å². The summed E-state index contributed by atoms with van der Waals surface area (Å²) in [5, 5.41) is 1.80. The van der Waals surface area contributed by atoms with E-state index in [-0.39, 0.29) is 11.5 Å². The third-order valence-electron chi connectivity index (χ3n) is 5.32. The van der Waals surface area contributed by atoms with Crippen LogP contribution in [0, 0.1) is 0 Å². The molecule has 0 radical (unpaired) electrons. The van der Waals surface area contributed by atoms with Gasteiger partial charge in [-0.25, -0.2) is 4.98 Å². The van der Waals surface area contributed by atoms with Crippen molar-refractivity contribution < 1.29 is 4.79 Å². The number of aromatic nitrogens is 3. The second-order valence-electron chi connectivity index (χ2n) is 7.08. The van der Waals surface area contributed by atoms with E-state index in [1.54, 1.807) is 17.3 Å². The molecule has 0 aliphatic carbocycles. The summed E-state index contributed by atoms with van der Waals surface area (Å²) < 4.78 is 0. The molecule has 6 heteroatoms. The van der Waals surface area contributed by atoms with E-state index in [9.17, 15) is 9.59 Å². The molecule has 0 atom stereocenters. The summed E-state index contributed by atoms with van der Waals surface area (Å²) in [6, 6.07) is 17.0. The molecule has 0 bridgehead atoms. The van der Waals surface area contributed by atoms with Gasteiger partial charge in [0.2, 0.25) is 0 Å². The minimum atomic E-state index is -0.128. The van der Waals surface area contributed by atoms with E-state index < -0.39 is 0 Å². The van der Waals surface area contributed by atoms with Crippen LogP contribution in [-0.2, 0) is 13.0 Å². The van der Waals surface area contributed by atoms with Crippen molar-refractivity contribution >= 4 is 16.7 Å². The molecule has 2 aromatic heterocycles. The first-order chi connectivity index (χ1) is 14.2. The monoisotopic (exact) mass is 382 g/mol. The van der Waals surface area contributed by atoms with Gasteiger partial charge in [-0.2, -0.15) is 0 Å². The molecule has 2 aromatic carbocycles. The van der Waals surface area contributed by atoms with Gasteiger partial charge in [-0.05, 0) is 23.9 Å². The molecule has 0 saturated carbocycles. The van der Waals surface area contributed by atoms with Crippen molar-refractivity contribution in [1.29, 1.82) is 0 Å². The third-order valence-corrected chi connectivity index (χ3v) is 5.32. The molecule has 1 aliphatic rings. The number of rotatable bonds is 2. The number of pyridine rings is 1. The molecule has 0 fully saturated rings. The Labute approximate surface area is 166 Å². The summed E-state index contributed by atoms with van der Waals surface area (Å²) in [4.78, 5) is 39.3. The molecule has 29 heavy (non-hydrogen) atoms. The number of benzene rings is 2. The molecule has 0 unspecified atom stereocenters. The normalized spacial score (nSPS) is 13.3. The van der Waals surface area contributed by atoms with Crippen LogP contribution in [0.25, 0.3) is 22.2 Å². The predicted molar refractivity (Wildman–Crippen MR) is 110 cm³/mol. The van der Waals surface area contributed by atoms with Crippen LogP contribution in [0.1, 0.15) is 21.6 Å². The van der Waals surface area contributed by atoms with E-state index >= 15 is 0 Å². The van der Waals surface area contributed by atoms with Crippen LogP contribution in [0.5, 0.6) is 0 Å². The van der Waals surface area contributed by atoms with Gasteiger partial charge in [-0.3, -0.25) is 14.6 Å². The highest BCUT2D eigenvalue weighted by Gasteiger charge is 2.26. The van der Waals surface area contributed by atoms with E-state index in [0.29, 0.717) is 42.2 Å². The number of fused-ring (bicyclic) bond motifs is 2. The van der Waals surface area contributed by atoms with Gasteiger partial charge in [0, 0.05) is 41.0 Å². The standard InChI is InChI=1S/C23H18N4O2/c28-22-19-10-12-27(14-20(19)25-21(26-22)15-5-2-1-3-6-15)23(29)18-8-4-7-16-13-24-11-9-17(16)18/h1-9,11,13H,10,12,14H2,(H,25,26,28). The maximum absolute atomic E-state index is 13.3. The van der Waals surface area contributed by atoms with Crippen LogP contribution >= 0.6 is 0 Å². The van der Waals surface area contributed by atoms with Gasteiger partial charge in [-0.15, -0.1) is 0 Å². The SMILES string of the molecule is O=C(c1cccc2cnccc12)N1CCc2c(nc(-c3ccccc3)[nH]c2=O)C1. The average molecular weight is 382 g/mol. The molecule has 1 N–H and O–H groups in total. The van der Waals surface area contributed by atoms with E-state index in [4.69, 9.17) is 0 Å². The first-order valence-electron chi connectivity index (χ1n) is 9.50. The van der Waals surface area contributed by atoms with Gasteiger partial charge in [0.15, 0.2) is 0 Å². The topological polar surface area (TPSA) is 79.0 Å². The van der Waals surface area contributed by atoms with E-state index in [1.165, 1.54) is 0 Å². The van der Waals surface area contributed by atoms with Crippen molar-refractivity contribution in [2.24, 2.45) is 0 Å². The molecule has 5 rings (SSSR count). The largest absolute Gasteiger partial charge is 0.332 e. The Hall–Kier alpha value is -3.80. The first kappa shape index (κ1) is 17.3. The third kappa shape index (κ3) is 3.08. The van der Waals surface area contributed by atoms with Gasteiger partial charge in [0.05, 0.1) is 12.2 Å². The molecular weight excluding hydrogens is 364 g/mol. The Morgan fingerprint density at radius 2 is 1.90 bits per heavy atom. The number of hydrogen-bond acceptors (Lipinski definition) is 4. The van der Waals surface area contributed by atoms with Crippen molar-refractivity contribution in [3.05, 3.63) is 94.2 Å². The summed E-state index contributed by atoms with van der Waals surface area (Å²) in [5.74, 6) is 0.468. The highest BCUT2D eigenvalue weighted by atomic mass is 16.2. The number of carbonyl (C=O) groups excluding carboxylic acids is 1. The minimum absolute atomic E-state index is 0.0595. The summed E-state index contributed by atoms with van der Waals surface area (Å²) in [7, 11) is 0. The van der Waals surface area contributed by atoms with Crippen LogP contribution in [0.4, 0.5) is 0 Å². The fraction of sp³-hybridized carbons (Fsp3) is 0.130. The second kappa shape index (κ2) is 6.98. The fourth-order valence-corrected chi connectivity index (χ4v) is 3.83. The maximum Gasteiger partial charge on any atom is 0.254 e. The highest BCUT2D eigenvalue weighted by Crippen LogP contribution is 2.23. The molecule has 0 saturated heterocycles. The Morgan fingerprint density at radius 1 is 1.03 bits per heavy atom. The average Bonchev–Trinajstić information content (AvgIpc) is 2.78. The summed E-state index contributed by atoms with van der Waals surface area (Å²) in [6.45, 7) is 0.808. The zero-order valence-corrected chi connectivity index (χ0v) is 15.6. The Bertz CT molecular complexity index is 1280. The van der Waals surface area contributed by atoms with Crippen LogP contribution in [-0.4, -0.2) is 32.3 Å². The van der Waals surface area contributed by atoms with Crippen molar-refractivity contribution in [2.75, 3.05) is 6.54 Å². The van der Waals surface area contributed by atoms with Gasteiger partial charge < -0.3 is 9.88 Å². The molecule has 142 valence electrons. The van der Waals surface area contributed by atoms with Gasteiger partial charge in [0.1, 0.15) is 5.82 Å². The molecule has 3 heterocycles. The van der Waals surface area contributed by atoms with Crippen molar-refractivity contribution in [2.45, 2.75) is 13.0 Å². The first-order valence-corrected chi connectivity index (χ1v) is 9.50. The second-order valence-corrected chi connectivity index (χ2v) is 7.08. The van der Waals surface area contributed by atoms with E-state index in [0.717, 1.165) is 16.3 Å². The molecule has 1 amide bonds. The zero-order valence-electron chi connectivity index (χ0n) is 15.6. The van der Waals surface area contributed by atoms with E-state index in [1.807, 2.05) is 54.6 Å². The quantitative estimate of drug-likeness (QED) is 0.577. The lowest BCUT2D eigenvalue weighted by Gasteiger charge is -2.28. The Morgan fingerprint density at radius 3 is 2.76 bits per heavy atom. The molecule has 1 aliphatic heterocycles. The molecule has 6 nitrogen and oxygen atoms in total. The van der Waals surface area contributed by atoms with Crippen LogP contribution in [0.2, 0.25) is 0 Å². The Kier molecular flexibility index (Phi) is 4.17. The summed E-state index contributed by atoms with van der Waals surface area (Å²) in [6.07, 6.45) is 3.94.